The largest absolute Gasteiger partial charge is 1.00 e. The molecule has 1 fully saturated rings. The van der Waals surface area contributed by atoms with Crippen LogP contribution in [0.1, 0.15) is 66.1 Å². The predicted molar refractivity (Wildman–Crippen MR) is 137 cm³/mol. The molecule has 2 N–H and O–H groups in total. The Morgan fingerprint density at radius 1 is 1.08 bits per heavy atom. The van der Waals surface area contributed by atoms with E-state index in [1.54, 1.807) is 30.5 Å². The summed E-state index contributed by atoms with van der Waals surface area (Å²) in [5.74, 6) is 0.948. The second-order valence-corrected chi connectivity index (χ2v) is 10.4. The second-order valence-electron chi connectivity index (χ2n) is 10.4. The Labute approximate surface area is 229 Å². The predicted octanol–water partition coefficient (Wildman–Crippen LogP) is 2.24. The van der Waals surface area contributed by atoms with Gasteiger partial charge >= 0.3 is 5.97 Å². The monoisotopic (exact) mass is 572 g/mol. The van der Waals surface area contributed by atoms with Gasteiger partial charge in [-0.1, -0.05) is 49.6 Å². The highest BCUT2D eigenvalue weighted by molar-refractivity contribution is 5.87. The van der Waals surface area contributed by atoms with Crippen LogP contribution in [0.4, 0.5) is 0 Å². The minimum absolute atomic E-state index is 0. The summed E-state index contributed by atoms with van der Waals surface area (Å²) in [6.07, 6.45) is 7.94. The van der Waals surface area contributed by atoms with Crippen LogP contribution in [-0.2, 0) is 12.1 Å². The van der Waals surface area contributed by atoms with E-state index in [4.69, 9.17) is 14.3 Å². The molecule has 0 saturated heterocycles. The number of hydrogen-bond acceptors (Lipinski definition) is 5. The lowest BCUT2D eigenvalue weighted by Crippen LogP contribution is -3.00. The number of ether oxygens (including phenoxy) is 1. The molecule has 1 saturated carbocycles. The Morgan fingerprint density at radius 2 is 1.76 bits per heavy atom. The minimum atomic E-state index is -1.22. The highest BCUT2D eigenvalue weighted by atomic mass is 79.9. The van der Waals surface area contributed by atoms with E-state index in [1.807, 2.05) is 30.3 Å². The van der Waals surface area contributed by atoms with Crippen LogP contribution in [0.3, 0.4) is 0 Å². The molecule has 200 valence electrons. The molecule has 1 heterocycles. The van der Waals surface area contributed by atoms with Crippen molar-refractivity contribution in [2.45, 2.75) is 50.7 Å². The van der Waals surface area contributed by atoms with Crippen LogP contribution >= 0.6 is 0 Å². The van der Waals surface area contributed by atoms with Crippen LogP contribution in [0.15, 0.2) is 65.2 Å². The average molecular weight is 574 g/mol. The summed E-state index contributed by atoms with van der Waals surface area (Å²) in [7, 11) is 4.27. The molecule has 0 amide bonds. The molecule has 1 aliphatic rings. The Morgan fingerprint density at radius 3 is 2.41 bits per heavy atom. The van der Waals surface area contributed by atoms with Crippen molar-refractivity contribution in [3.63, 3.8) is 0 Å². The zero-order chi connectivity index (χ0) is 25.6. The number of carbonyl (C=O) groups is 1. The van der Waals surface area contributed by atoms with Crippen LogP contribution in [0.2, 0.25) is 0 Å². The molecule has 0 aliphatic heterocycles. The minimum Gasteiger partial charge on any atom is -1.00 e. The normalized spacial score (nSPS) is 16.0. The Bertz CT molecular complexity index is 1130. The van der Waals surface area contributed by atoms with Crippen molar-refractivity contribution in [2.24, 2.45) is 5.92 Å². The molecule has 1 aromatic heterocycles. The SMILES string of the molecule is C[N+](C)(CCCOc1ccc(C(=O)O)cc1)Cc1cnc([C@](O)(c2ccccc2)C2CCCCC2)o1.[Br-]. The molecular weight excluding hydrogens is 536 g/mol. The van der Waals surface area contributed by atoms with Crippen molar-refractivity contribution in [1.29, 1.82) is 0 Å². The summed E-state index contributed by atoms with van der Waals surface area (Å²) in [6.45, 7) is 2.04. The molecule has 8 heteroatoms. The van der Waals surface area contributed by atoms with Gasteiger partial charge in [-0.25, -0.2) is 9.78 Å². The summed E-state index contributed by atoms with van der Waals surface area (Å²) < 4.78 is 12.7. The molecule has 1 aliphatic carbocycles. The lowest BCUT2D eigenvalue weighted by atomic mass is 9.73. The summed E-state index contributed by atoms with van der Waals surface area (Å²) in [5.41, 5.74) is -0.136. The van der Waals surface area contributed by atoms with Gasteiger partial charge in [-0.3, -0.25) is 0 Å². The molecule has 4 rings (SSSR count). The van der Waals surface area contributed by atoms with Gasteiger partial charge in [-0.2, -0.15) is 0 Å². The zero-order valence-corrected chi connectivity index (χ0v) is 23.2. The Balaban J connectivity index is 0.00000380. The summed E-state index contributed by atoms with van der Waals surface area (Å²) in [4.78, 5) is 15.6. The molecular formula is C29H37BrN2O5. The third-order valence-corrected chi connectivity index (χ3v) is 7.15. The van der Waals surface area contributed by atoms with Gasteiger partial charge in [0, 0.05) is 12.3 Å². The van der Waals surface area contributed by atoms with Crippen molar-refractivity contribution in [3.8, 4) is 5.75 Å². The number of carboxylic acids is 1. The number of nitrogens with zero attached hydrogens (tertiary/aromatic N) is 2. The van der Waals surface area contributed by atoms with Gasteiger partial charge in [-0.05, 0) is 42.7 Å². The summed E-state index contributed by atoms with van der Waals surface area (Å²) in [5, 5.41) is 21.0. The first-order valence-corrected chi connectivity index (χ1v) is 12.8. The molecule has 0 bridgehead atoms. The first kappa shape index (κ1) is 28.9. The fraction of sp³-hybridized carbons (Fsp3) is 0.448. The number of rotatable bonds is 11. The van der Waals surface area contributed by atoms with Crippen LogP contribution < -0.4 is 21.7 Å². The number of aromatic carboxylic acids is 1. The second kappa shape index (κ2) is 12.7. The number of aromatic nitrogens is 1. The van der Waals surface area contributed by atoms with Crippen LogP contribution in [0.5, 0.6) is 5.75 Å². The van der Waals surface area contributed by atoms with Crippen LogP contribution in [0.25, 0.3) is 0 Å². The fourth-order valence-corrected chi connectivity index (χ4v) is 5.18. The number of oxazole rings is 1. The summed E-state index contributed by atoms with van der Waals surface area (Å²) >= 11 is 0. The molecule has 2 aromatic carbocycles. The van der Waals surface area contributed by atoms with E-state index in [0.29, 0.717) is 29.3 Å². The van der Waals surface area contributed by atoms with Crippen LogP contribution in [0, 0.1) is 5.92 Å². The maximum atomic E-state index is 12.0. The van der Waals surface area contributed by atoms with E-state index in [9.17, 15) is 9.90 Å². The smallest absolute Gasteiger partial charge is 0.335 e. The Hall–Kier alpha value is -2.68. The lowest BCUT2D eigenvalue weighted by Gasteiger charge is -2.36. The van der Waals surface area contributed by atoms with Gasteiger partial charge < -0.3 is 40.8 Å². The van der Waals surface area contributed by atoms with Gasteiger partial charge in [0.15, 0.2) is 11.4 Å². The van der Waals surface area contributed by atoms with Gasteiger partial charge in [0.25, 0.3) is 0 Å². The number of quaternary nitrogens is 1. The molecule has 3 aromatic rings. The summed E-state index contributed by atoms with van der Waals surface area (Å²) in [6, 6.07) is 16.2. The van der Waals surface area contributed by atoms with E-state index < -0.39 is 11.6 Å². The highest BCUT2D eigenvalue weighted by Crippen LogP contribution is 2.43. The number of hydrogen-bond donors (Lipinski definition) is 2. The number of aliphatic hydroxyl groups is 1. The molecule has 0 radical (unpaired) electrons. The van der Waals surface area contributed by atoms with Crippen molar-refractivity contribution >= 4 is 5.97 Å². The maximum Gasteiger partial charge on any atom is 0.335 e. The van der Waals surface area contributed by atoms with Crippen molar-refractivity contribution in [3.05, 3.63) is 83.6 Å². The van der Waals surface area contributed by atoms with E-state index in [1.165, 1.54) is 6.42 Å². The maximum absolute atomic E-state index is 12.0. The standard InChI is InChI=1S/C29H36N2O5.BrH/c1-31(2,18-9-19-35-25-16-14-22(15-17-25)27(32)33)21-26-20-30-28(36-26)29(34,23-10-5-3-6-11-23)24-12-7-4-8-13-24;/h3,5-6,10-11,14-17,20,24,34H,4,7-9,12-13,18-19,21H2,1-2H3;1H/t29-;/m0./s1. The molecule has 37 heavy (non-hydrogen) atoms. The van der Waals surface area contributed by atoms with E-state index in [-0.39, 0.29) is 28.5 Å². The molecule has 0 unspecified atom stereocenters. The van der Waals surface area contributed by atoms with E-state index in [0.717, 1.165) is 50.0 Å². The van der Waals surface area contributed by atoms with E-state index in [2.05, 4.69) is 19.1 Å². The van der Waals surface area contributed by atoms with Gasteiger partial charge in [0.2, 0.25) is 5.89 Å². The third-order valence-electron chi connectivity index (χ3n) is 7.15. The zero-order valence-electron chi connectivity index (χ0n) is 21.6. The van der Waals surface area contributed by atoms with Crippen molar-refractivity contribution < 1.29 is 45.6 Å². The topological polar surface area (TPSA) is 92.8 Å². The quantitative estimate of drug-likeness (QED) is 0.270. The van der Waals surface area contributed by atoms with Crippen molar-refractivity contribution in [2.75, 3.05) is 27.2 Å². The first-order valence-electron chi connectivity index (χ1n) is 12.8. The van der Waals surface area contributed by atoms with Crippen LogP contribution in [-0.4, -0.2) is 52.9 Å². The average Bonchev–Trinajstić information content (AvgIpc) is 3.35. The fourth-order valence-electron chi connectivity index (χ4n) is 5.18. The van der Waals surface area contributed by atoms with Gasteiger partial charge in [-0.15, -0.1) is 0 Å². The number of benzene rings is 2. The molecule has 7 nitrogen and oxygen atoms in total. The lowest BCUT2D eigenvalue weighted by molar-refractivity contribution is -0.904. The number of carboxylic acid groups (broad SMARTS) is 1. The third kappa shape index (κ3) is 7.21. The van der Waals surface area contributed by atoms with Gasteiger partial charge in [0.1, 0.15) is 12.3 Å². The molecule has 0 spiro atoms. The van der Waals surface area contributed by atoms with Gasteiger partial charge in [0.05, 0.1) is 39.0 Å². The van der Waals surface area contributed by atoms with E-state index >= 15 is 0 Å². The Kier molecular flexibility index (Phi) is 9.93. The first-order chi connectivity index (χ1) is 17.3. The highest BCUT2D eigenvalue weighted by Gasteiger charge is 2.44. The number of halogens is 1. The van der Waals surface area contributed by atoms with Crippen molar-refractivity contribution in [1.82, 2.24) is 4.98 Å². The molecule has 1 atom stereocenters.